The van der Waals surface area contributed by atoms with Crippen LogP contribution in [0.1, 0.15) is 27.6 Å². The van der Waals surface area contributed by atoms with Crippen molar-refractivity contribution in [2.45, 2.75) is 13.1 Å². The first-order chi connectivity index (χ1) is 18.0. The predicted molar refractivity (Wildman–Crippen MR) is 135 cm³/mol. The molecule has 4 aromatic rings. The Hall–Kier alpha value is -4.43. The van der Waals surface area contributed by atoms with Crippen LogP contribution in [0.2, 0.25) is 0 Å². The first-order valence-electron chi connectivity index (χ1n) is 10.7. The molecule has 0 bridgehead atoms. The van der Waals surface area contributed by atoms with Crippen molar-refractivity contribution in [2.75, 3.05) is 6.61 Å². The van der Waals surface area contributed by atoms with Gasteiger partial charge in [-0.25, -0.2) is 13.6 Å². The van der Waals surface area contributed by atoms with Gasteiger partial charge < -0.3 is 25.6 Å². The van der Waals surface area contributed by atoms with E-state index in [2.05, 4.69) is 0 Å². The van der Waals surface area contributed by atoms with Gasteiger partial charge in [-0.1, -0.05) is 34.8 Å². The summed E-state index contributed by atoms with van der Waals surface area (Å²) in [6.45, 7) is 1.22. The molecule has 2 heterocycles. The van der Waals surface area contributed by atoms with Crippen LogP contribution in [0.5, 0.6) is 11.5 Å². The summed E-state index contributed by atoms with van der Waals surface area (Å²) in [6.07, 6.45) is -2.03. The molecule has 38 heavy (non-hydrogen) atoms. The first-order valence-corrected chi connectivity index (χ1v) is 12.3. The van der Waals surface area contributed by atoms with E-state index in [1.54, 1.807) is 0 Å². The number of amides is 2. The van der Waals surface area contributed by atoms with E-state index in [1.165, 1.54) is 31.2 Å². The van der Waals surface area contributed by atoms with Crippen molar-refractivity contribution in [3.63, 3.8) is 0 Å². The van der Waals surface area contributed by atoms with Crippen LogP contribution in [0.25, 0.3) is 20.2 Å². The summed E-state index contributed by atoms with van der Waals surface area (Å²) in [7, 11) is 0. The third-order valence-electron chi connectivity index (χ3n) is 5.24. The Kier molecular flexibility index (Phi) is 7.37. The van der Waals surface area contributed by atoms with Gasteiger partial charge in [-0.05, 0) is 31.2 Å². The Bertz CT molecular complexity index is 1630. The van der Waals surface area contributed by atoms with Gasteiger partial charge in [0.05, 0.1) is 17.4 Å². The number of rotatable bonds is 6. The van der Waals surface area contributed by atoms with Gasteiger partial charge in [0, 0.05) is 9.40 Å². The van der Waals surface area contributed by atoms with E-state index in [-0.39, 0.29) is 16.0 Å². The van der Waals surface area contributed by atoms with Gasteiger partial charge in [-0.15, -0.1) is 0 Å². The molecule has 4 rings (SSSR count). The monoisotopic (exact) mass is 562 g/mol. The van der Waals surface area contributed by atoms with Gasteiger partial charge in [0.25, 0.3) is 11.8 Å². The van der Waals surface area contributed by atoms with Crippen molar-refractivity contribution < 1.29 is 38.1 Å². The maximum Gasteiger partial charge on any atom is 0.349 e. The Morgan fingerprint density at radius 2 is 1.26 bits per heavy atom. The van der Waals surface area contributed by atoms with Crippen molar-refractivity contribution in [3.05, 3.63) is 78.2 Å². The Balaban J connectivity index is 1.72. The maximum atomic E-state index is 14.3. The molecule has 0 atom stereocenters. The number of hydrogen-bond acceptors (Lipinski definition) is 10. The molecular formula is C24H16F2N2O8S2. The van der Waals surface area contributed by atoms with Crippen molar-refractivity contribution >= 4 is 60.6 Å². The van der Waals surface area contributed by atoms with Gasteiger partial charge in [-0.3, -0.25) is 19.2 Å². The molecule has 0 saturated carbocycles. The van der Waals surface area contributed by atoms with Crippen molar-refractivity contribution in [1.29, 1.82) is 0 Å². The Morgan fingerprint density at radius 3 is 1.66 bits per heavy atom. The van der Waals surface area contributed by atoms with Gasteiger partial charge in [0.2, 0.25) is 15.7 Å². The number of carbonyl (C=O) groups is 3. The molecular weight excluding hydrogens is 546 g/mol. The number of hydrogen-bond donors (Lipinski definition) is 4. The van der Waals surface area contributed by atoms with Crippen LogP contribution in [0, 0.1) is 11.6 Å². The molecule has 0 spiro atoms. The van der Waals surface area contributed by atoms with Gasteiger partial charge in [0.15, 0.2) is 0 Å². The fourth-order valence-corrected chi connectivity index (χ4v) is 5.44. The summed E-state index contributed by atoms with van der Waals surface area (Å²) in [6, 6.07) is 7.32. The second-order valence-electron chi connectivity index (χ2n) is 7.58. The maximum absolute atomic E-state index is 14.3. The summed E-state index contributed by atoms with van der Waals surface area (Å²) in [4.78, 5) is 63.4. The van der Waals surface area contributed by atoms with Gasteiger partial charge in [0.1, 0.15) is 34.3 Å². The molecule has 0 radical (unpaired) electrons. The van der Waals surface area contributed by atoms with Crippen LogP contribution in [-0.2, 0) is 9.53 Å². The second kappa shape index (κ2) is 10.5. The minimum Gasteiger partial charge on any atom is -0.506 e. The van der Waals surface area contributed by atoms with Crippen LogP contribution in [0.3, 0.4) is 0 Å². The molecule has 2 aromatic heterocycles. The Labute approximate surface area is 218 Å². The van der Waals surface area contributed by atoms with Crippen molar-refractivity contribution in [2.24, 2.45) is 0 Å². The van der Waals surface area contributed by atoms with E-state index in [0.29, 0.717) is 22.7 Å². The molecule has 2 amide bonds. The van der Waals surface area contributed by atoms with Crippen LogP contribution >= 0.6 is 22.7 Å². The number of halogens is 2. The number of fused-ring (bicyclic) bond motifs is 2. The quantitative estimate of drug-likeness (QED) is 0.206. The van der Waals surface area contributed by atoms with Crippen LogP contribution in [0.15, 0.2) is 46.0 Å². The summed E-state index contributed by atoms with van der Waals surface area (Å²) in [5.41, 5.74) is -1.81. The van der Waals surface area contributed by atoms with Crippen LogP contribution < -0.4 is 20.1 Å². The average Bonchev–Trinajstić information content (AvgIpc) is 2.83. The lowest BCUT2D eigenvalue weighted by molar-refractivity contribution is -0.146. The number of carbonyl (C=O) groups excluding carboxylic acids is 3. The third kappa shape index (κ3) is 4.78. The lowest BCUT2D eigenvalue weighted by atomic mass is 10.1. The lowest BCUT2D eigenvalue weighted by Crippen LogP contribution is -2.54. The van der Waals surface area contributed by atoms with Gasteiger partial charge in [-0.2, -0.15) is 0 Å². The highest BCUT2D eigenvalue weighted by atomic mass is 32.1. The molecule has 10 nitrogen and oxygen atoms in total. The van der Waals surface area contributed by atoms with Crippen molar-refractivity contribution in [3.8, 4) is 11.5 Å². The molecule has 0 saturated heterocycles. The molecule has 0 fully saturated rings. The molecule has 2 aromatic carbocycles. The second-order valence-corrected chi connectivity index (χ2v) is 9.61. The molecule has 0 aliphatic heterocycles. The number of ether oxygens (including phenoxy) is 1. The lowest BCUT2D eigenvalue weighted by Gasteiger charge is -2.19. The van der Waals surface area contributed by atoms with Crippen LogP contribution in [-0.4, -0.2) is 40.8 Å². The number of benzene rings is 2. The summed E-state index contributed by atoms with van der Waals surface area (Å²) in [5, 5.41) is 24.2. The molecule has 4 N–H and O–H groups in total. The van der Waals surface area contributed by atoms with Gasteiger partial charge >= 0.3 is 5.97 Å². The molecule has 0 aliphatic carbocycles. The fraction of sp³-hybridized carbons (Fsp3) is 0.125. The number of esters is 1. The summed E-state index contributed by atoms with van der Waals surface area (Å²) < 4.78 is 31.6. The smallest absolute Gasteiger partial charge is 0.349 e. The normalized spacial score (nSPS) is 11.1. The molecule has 0 aliphatic rings. The highest BCUT2D eigenvalue weighted by Gasteiger charge is 2.31. The van der Waals surface area contributed by atoms with Crippen LogP contribution in [0.4, 0.5) is 8.78 Å². The van der Waals surface area contributed by atoms with E-state index >= 15 is 0 Å². The molecule has 196 valence electrons. The largest absolute Gasteiger partial charge is 0.506 e. The van der Waals surface area contributed by atoms with Crippen molar-refractivity contribution in [1.82, 2.24) is 10.6 Å². The average molecular weight is 563 g/mol. The first kappa shape index (κ1) is 26.6. The Morgan fingerprint density at radius 1 is 0.842 bits per heavy atom. The van der Waals surface area contributed by atoms with E-state index in [0.717, 1.165) is 12.1 Å². The molecule has 0 unspecified atom stereocenters. The predicted octanol–water partition coefficient (Wildman–Crippen LogP) is 2.57. The zero-order valence-corrected chi connectivity index (χ0v) is 20.8. The topological polar surface area (TPSA) is 159 Å². The van der Waals surface area contributed by atoms with E-state index in [4.69, 9.17) is 4.74 Å². The highest BCUT2D eigenvalue weighted by molar-refractivity contribution is 7.16. The fourth-order valence-electron chi connectivity index (χ4n) is 3.57. The zero-order valence-electron chi connectivity index (χ0n) is 19.2. The minimum absolute atomic E-state index is 0.0579. The standard InChI is InChI=1S/C24H16F2N2O8S2/c1-2-36-22(33)19(27-20(31)15-17(29)13-9(25)5-3-7-11(13)37-23(15)34)28-21(32)16-18(30)14-10(26)6-4-8-12(14)38-24(16)35/h3-8,19,29-30H,2H2,1H3,(H,27,31)(H,28,32). The minimum atomic E-state index is -2.03. The summed E-state index contributed by atoms with van der Waals surface area (Å²) in [5.74, 6) is -7.77. The highest BCUT2D eigenvalue weighted by Crippen LogP contribution is 2.32. The van der Waals surface area contributed by atoms with E-state index in [9.17, 15) is 43.0 Å². The molecule has 14 heteroatoms. The number of nitrogens with one attached hydrogen (secondary N) is 2. The summed E-state index contributed by atoms with van der Waals surface area (Å²) >= 11 is 0.919. The van der Waals surface area contributed by atoms with E-state index < -0.39 is 78.5 Å². The van der Waals surface area contributed by atoms with E-state index in [1.807, 2.05) is 10.6 Å². The third-order valence-corrected chi connectivity index (χ3v) is 7.14. The number of aromatic hydroxyl groups is 2. The zero-order chi connectivity index (χ0) is 27.7. The SMILES string of the molecule is CCOC(=O)C(NC(=O)c1c(O)c2c(F)cccc2sc1=O)NC(=O)c1c(O)c2c(F)cccc2sc1=O.